The van der Waals surface area contributed by atoms with Crippen LogP contribution in [0.1, 0.15) is 37.3 Å². The van der Waals surface area contributed by atoms with Crippen molar-refractivity contribution in [1.29, 1.82) is 0 Å². The molecule has 0 radical (unpaired) electrons. The molecule has 0 N–H and O–H groups in total. The number of amides is 1. The van der Waals surface area contributed by atoms with Crippen LogP contribution < -0.4 is 0 Å². The molecule has 0 bridgehead atoms. The molecular formula is C17H23N5O. The summed E-state index contributed by atoms with van der Waals surface area (Å²) in [5.74, 6) is 0.771. The molecule has 23 heavy (non-hydrogen) atoms. The second-order valence-corrected chi connectivity index (χ2v) is 6.71. The Hall–Kier alpha value is -1.95. The Morgan fingerprint density at radius 3 is 2.70 bits per heavy atom. The van der Waals surface area contributed by atoms with Crippen molar-refractivity contribution in [2.24, 2.45) is 0 Å². The van der Waals surface area contributed by atoms with Gasteiger partial charge in [0, 0.05) is 37.0 Å². The highest BCUT2D eigenvalue weighted by Gasteiger charge is 2.33. The summed E-state index contributed by atoms with van der Waals surface area (Å²) in [6, 6.07) is 4.09. The van der Waals surface area contributed by atoms with Crippen molar-refractivity contribution in [3.8, 4) is 0 Å². The fourth-order valence-corrected chi connectivity index (χ4v) is 3.99. The molecule has 0 aromatic carbocycles. The number of likely N-dealkylation sites (tertiary alicyclic amines) is 2. The van der Waals surface area contributed by atoms with Gasteiger partial charge in [0.2, 0.25) is 5.91 Å². The molecule has 2 fully saturated rings. The molecule has 2 aromatic heterocycles. The zero-order valence-electron chi connectivity index (χ0n) is 13.6. The van der Waals surface area contributed by atoms with E-state index in [1.54, 1.807) is 6.20 Å². The van der Waals surface area contributed by atoms with Gasteiger partial charge in [-0.2, -0.15) is 5.10 Å². The molecule has 0 aliphatic carbocycles. The van der Waals surface area contributed by atoms with Crippen LogP contribution in [0.25, 0.3) is 5.65 Å². The number of piperidine rings is 1. The fourth-order valence-electron chi connectivity index (χ4n) is 3.99. The number of carbonyl (C=O) groups is 1. The molecule has 0 spiro atoms. The SMILES string of the molecule is CN1CCC[C@H]1C(=O)N1CCC(c2ccnc3ccnn23)CC1. The van der Waals surface area contributed by atoms with E-state index >= 15 is 0 Å². The molecule has 1 amide bonds. The number of hydrogen-bond donors (Lipinski definition) is 0. The van der Waals surface area contributed by atoms with Crippen molar-refractivity contribution >= 4 is 11.6 Å². The maximum atomic E-state index is 12.7. The lowest BCUT2D eigenvalue weighted by molar-refractivity contribution is -0.136. The molecule has 0 unspecified atom stereocenters. The van der Waals surface area contributed by atoms with Crippen LogP contribution in [-0.4, -0.2) is 63.0 Å². The average Bonchev–Trinajstić information content (AvgIpc) is 3.22. The number of carbonyl (C=O) groups excluding carboxylic acids is 1. The number of hydrogen-bond acceptors (Lipinski definition) is 4. The molecule has 2 aliphatic heterocycles. The van der Waals surface area contributed by atoms with Gasteiger partial charge in [-0.05, 0) is 45.3 Å². The smallest absolute Gasteiger partial charge is 0.239 e. The summed E-state index contributed by atoms with van der Waals surface area (Å²) in [6.45, 7) is 2.74. The van der Waals surface area contributed by atoms with Crippen molar-refractivity contribution in [3.05, 3.63) is 30.2 Å². The van der Waals surface area contributed by atoms with Gasteiger partial charge in [0.25, 0.3) is 0 Å². The van der Waals surface area contributed by atoms with Crippen molar-refractivity contribution in [2.75, 3.05) is 26.7 Å². The van der Waals surface area contributed by atoms with Crippen LogP contribution in [0.3, 0.4) is 0 Å². The molecule has 6 heteroatoms. The maximum absolute atomic E-state index is 12.7. The van der Waals surface area contributed by atoms with Crippen LogP contribution in [0.2, 0.25) is 0 Å². The lowest BCUT2D eigenvalue weighted by atomic mass is 9.92. The average molecular weight is 313 g/mol. The Morgan fingerprint density at radius 1 is 1.13 bits per heavy atom. The molecule has 6 nitrogen and oxygen atoms in total. The van der Waals surface area contributed by atoms with E-state index in [4.69, 9.17) is 0 Å². The van der Waals surface area contributed by atoms with E-state index < -0.39 is 0 Å². The predicted octanol–water partition coefficient (Wildman–Crippen LogP) is 1.53. The van der Waals surface area contributed by atoms with Gasteiger partial charge in [0.05, 0.1) is 12.2 Å². The van der Waals surface area contributed by atoms with Crippen molar-refractivity contribution in [2.45, 2.75) is 37.6 Å². The van der Waals surface area contributed by atoms with E-state index in [1.807, 2.05) is 16.8 Å². The lowest BCUT2D eigenvalue weighted by Crippen LogP contribution is -2.47. The topological polar surface area (TPSA) is 53.7 Å². The molecule has 2 aliphatic rings. The highest BCUT2D eigenvalue weighted by atomic mass is 16.2. The van der Waals surface area contributed by atoms with Crippen molar-refractivity contribution < 1.29 is 4.79 Å². The Morgan fingerprint density at radius 2 is 1.96 bits per heavy atom. The molecule has 4 heterocycles. The van der Waals surface area contributed by atoms with E-state index in [9.17, 15) is 4.79 Å². The molecular weight excluding hydrogens is 290 g/mol. The molecule has 2 aromatic rings. The van der Waals surface area contributed by atoms with Crippen LogP contribution in [0.4, 0.5) is 0 Å². The van der Waals surface area contributed by atoms with Gasteiger partial charge in [0.1, 0.15) is 0 Å². The maximum Gasteiger partial charge on any atom is 0.239 e. The zero-order chi connectivity index (χ0) is 15.8. The van der Waals surface area contributed by atoms with Crippen LogP contribution in [0, 0.1) is 0 Å². The van der Waals surface area contributed by atoms with Gasteiger partial charge in [-0.25, -0.2) is 9.50 Å². The second kappa shape index (κ2) is 5.92. The fraction of sp³-hybridized carbons (Fsp3) is 0.588. The first-order valence-corrected chi connectivity index (χ1v) is 8.52. The second-order valence-electron chi connectivity index (χ2n) is 6.71. The van der Waals surface area contributed by atoms with Gasteiger partial charge in [0.15, 0.2) is 5.65 Å². The first-order valence-electron chi connectivity index (χ1n) is 8.52. The largest absolute Gasteiger partial charge is 0.341 e. The minimum Gasteiger partial charge on any atom is -0.341 e. The monoisotopic (exact) mass is 313 g/mol. The van der Waals surface area contributed by atoms with Gasteiger partial charge in [-0.1, -0.05) is 0 Å². The van der Waals surface area contributed by atoms with Gasteiger partial charge in [-0.15, -0.1) is 0 Å². The predicted molar refractivity (Wildman–Crippen MR) is 87.2 cm³/mol. The van der Waals surface area contributed by atoms with Crippen LogP contribution >= 0.6 is 0 Å². The third-order valence-electron chi connectivity index (χ3n) is 5.35. The number of likely N-dealkylation sites (N-methyl/N-ethyl adjacent to an activating group) is 1. The number of fused-ring (bicyclic) bond motifs is 1. The summed E-state index contributed by atoms with van der Waals surface area (Å²) in [5.41, 5.74) is 2.11. The minimum absolute atomic E-state index is 0.102. The standard InChI is InChI=1S/C17H23N5O/c1-20-10-2-3-15(20)17(23)21-11-6-13(7-12-21)14-4-8-18-16-5-9-19-22(14)16/h4-5,8-9,13,15H,2-3,6-7,10-12H2,1H3/t15-/m0/s1. The Labute approximate surface area is 136 Å². The summed E-state index contributed by atoms with van der Waals surface area (Å²) in [7, 11) is 2.06. The van der Waals surface area contributed by atoms with Crippen molar-refractivity contribution in [3.63, 3.8) is 0 Å². The number of nitrogens with zero attached hydrogens (tertiary/aromatic N) is 5. The van der Waals surface area contributed by atoms with Gasteiger partial charge < -0.3 is 4.90 Å². The summed E-state index contributed by atoms with van der Waals surface area (Å²) >= 11 is 0. The van der Waals surface area contributed by atoms with Crippen LogP contribution in [0.15, 0.2) is 24.5 Å². The van der Waals surface area contributed by atoms with E-state index in [2.05, 4.69) is 33.0 Å². The zero-order valence-corrected chi connectivity index (χ0v) is 13.6. The highest BCUT2D eigenvalue weighted by molar-refractivity contribution is 5.82. The van der Waals surface area contributed by atoms with Gasteiger partial charge in [-0.3, -0.25) is 9.69 Å². The molecule has 0 saturated carbocycles. The Bertz CT molecular complexity index is 704. The summed E-state index contributed by atoms with van der Waals surface area (Å²) in [5, 5.41) is 4.39. The Kier molecular flexibility index (Phi) is 3.77. The number of aromatic nitrogens is 3. The van der Waals surface area contributed by atoms with E-state index in [0.29, 0.717) is 11.8 Å². The Balaban J connectivity index is 1.45. The lowest BCUT2D eigenvalue weighted by Gasteiger charge is -2.35. The van der Waals surface area contributed by atoms with Crippen molar-refractivity contribution in [1.82, 2.24) is 24.4 Å². The quantitative estimate of drug-likeness (QED) is 0.844. The van der Waals surface area contributed by atoms with Crippen LogP contribution in [-0.2, 0) is 4.79 Å². The molecule has 2 saturated heterocycles. The summed E-state index contributed by atoms with van der Waals surface area (Å²) in [6.07, 6.45) is 7.80. The highest BCUT2D eigenvalue weighted by Crippen LogP contribution is 2.29. The summed E-state index contributed by atoms with van der Waals surface area (Å²) < 4.78 is 1.94. The first-order chi connectivity index (χ1) is 11.2. The van der Waals surface area contributed by atoms with Gasteiger partial charge >= 0.3 is 0 Å². The normalized spacial score (nSPS) is 23.7. The van der Waals surface area contributed by atoms with Crippen LogP contribution in [0.5, 0.6) is 0 Å². The third-order valence-corrected chi connectivity index (χ3v) is 5.35. The molecule has 1 atom stereocenters. The van der Waals surface area contributed by atoms with E-state index in [1.165, 1.54) is 5.69 Å². The number of rotatable bonds is 2. The summed E-state index contributed by atoms with van der Waals surface area (Å²) in [4.78, 5) is 21.3. The minimum atomic E-state index is 0.102. The molecule has 122 valence electrons. The first kappa shape index (κ1) is 14.6. The molecule has 4 rings (SSSR count). The third kappa shape index (κ3) is 2.61. The van der Waals surface area contributed by atoms with E-state index in [-0.39, 0.29) is 6.04 Å². The van der Waals surface area contributed by atoms with E-state index in [0.717, 1.165) is 51.0 Å².